The molecule has 0 heterocycles. The van der Waals surface area contributed by atoms with E-state index >= 15 is 0 Å². The van der Waals surface area contributed by atoms with Crippen LogP contribution in [0.15, 0.2) is 18.2 Å². The Morgan fingerprint density at radius 1 is 1.52 bits per heavy atom. The zero-order valence-corrected chi connectivity index (χ0v) is 12.7. The third-order valence-corrected chi connectivity index (χ3v) is 3.95. The molecule has 0 aromatic heterocycles. The molecule has 1 aromatic carbocycles. The molecular weight excluding hydrogens is 268 g/mol. The van der Waals surface area contributed by atoms with Crippen molar-refractivity contribution in [1.82, 2.24) is 10.6 Å². The molecule has 1 aliphatic carbocycles. The van der Waals surface area contributed by atoms with Crippen molar-refractivity contribution in [2.24, 2.45) is 0 Å². The molecule has 0 bridgehead atoms. The molecule has 1 aliphatic rings. The summed E-state index contributed by atoms with van der Waals surface area (Å²) in [5.74, 6) is 1.23. The predicted octanol–water partition coefficient (Wildman–Crippen LogP) is 1.80. The lowest BCUT2D eigenvalue weighted by atomic mass is 9.82. The van der Waals surface area contributed by atoms with E-state index in [1.807, 2.05) is 6.07 Å². The van der Waals surface area contributed by atoms with Crippen molar-refractivity contribution in [1.29, 1.82) is 0 Å². The monoisotopic (exact) mass is 292 g/mol. The van der Waals surface area contributed by atoms with E-state index < -0.39 is 0 Å². The van der Waals surface area contributed by atoms with Crippen LogP contribution in [-0.2, 0) is 6.42 Å². The van der Waals surface area contributed by atoms with E-state index in [-0.39, 0.29) is 18.7 Å². The van der Waals surface area contributed by atoms with E-state index in [1.165, 1.54) is 11.1 Å². The second kappa shape index (κ2) is 7.31. The standard InChI is InChI=1S/C16H24N2O3/c1-11(10-19)18-16(20)17-9-13-5-3-4-12-8-14(21-2)6-7-15(12)13/h6-8,11,13,19H,3-5,9-10H2,1-2H3,(H2,17,18,20)/t11-,13-/m1/s1. The molecule has 0 radical (unpaired) electrons. The smallest absolute Gasteiger partial charge is 0.315 e. The molecule has 2 atom stereocenters. The van der Waals surface area contributed by atoms with Gasteiger partial charge < -0.3 is 20.5 Å². The molecule has 3 N–H and O–H groups in total. The van der Waals surface area contributed by atoms with Crippen LogP contribution in [-0.4, -0.2) is 37.4 Å². The van der Waals surface area contributed by atoms with Gasteiger partial charge in [0.1, 0.15) is 5.75 Å². The van der Waals surface area contributed by atoms with E-state index in [0.29, 0.717) is 12.5 Å². The van der Waals surface area contributed by atoms with E-state index in [0.717, 1.165) is 25.0 Å². The highest BCUT2D eigenvalue weighted by Gasteiger charge is 2.21. The highest BCUT2D eigenvalue weighted by molar-refractivity contribution is 5.74. The Labute approximate surface area is 125 Å². The highest BCUT2D eigenvalue weighted by atomic mass is 16.5. The van der Waals surface area contributed by atoms with Gasteiger partial charge in [-0.25, -0.2) is 4.79 Å². The first kappa shape index (κ1) is 15.6. The quantitative estimate of drug-likeness (QED) is 0.775. The van der Waals surface area contributed by atoms with Gasteiger partial charge in [-0.05, 0) is 49.4 Å². The van der Waals surface area contributed by atoms with Crippen LogP contribution in [0.5, 0.6) is 5.75 Å². The van der Waals surface area contributed by atoms with Gasteiger partial charge in [0.25, 0.3) is 0 Å². The number of ether oxygens (including phenoxy) is 1. The number of nitrogens with one attached hydrogen (secondary N) is 2. The molecule has 0 saturated heterocycles. The molecule has 2 rings (SSSR count). The van der Waals surface area contributed by atoms with Crippen molar-refractivity contribution in [3.8, 4) is 5.75 Å². The fourth-order valence-corrected chi connectivity index (χ4v) is 2.77. The average Bonchev–Trinajstić information content (AvgIpc) is 2.51. The normalized spacial score (nSPS) is 18.5. The van der Waals surface area contributed by atoms with Gasteiger partial charge in [0.2, 0.25) is 0 Å². The summed E-state index contributed by atoms with van der Waals surface area (Å²) in [6.07, 6.45) is 3.27. The Kier molecular flexibility index (Phi) is 5.44. The number of aliphatic hydroxyl groups is 1. The summed E-state index contributed by atoms with van der Waals surface area (Å²) in [6, 6.07) is 5.72. The minimum Gasteiger partial charge on any atom is -0.497 e. The molecule has 0 aliphatic heterocycles. The first-order chi connectivity index (χ1) is 10.1. The third kappa shape index (κ3) is 4.11. The van der Waals surface area contributed by atoms with Crippen molar-refractivity contribution >= 4 is 6.03 Å². The second-order valence-electron chi connectivity index (χ2n) is 5.59. The van der Waals surface area contributed by atoms with E-state index in [9.17, 15) is 4.79 Å². The number of amides is 2. The minimum absolute atomic E-state index is 0.0561. The lowest BCUT2D eigenvalue weighted by molar-refractivity contribution is 0.220. The van der Waals surface area contributed by atoms with Gasteiger partial charge in [0.15, 0.2) is 0 Å². The topological polar surface area (TPSA) is 70.6 Å². The van der Waals surface area contributed by atoms with E-state index in [4.69, 9.17) is 9.84 Å². The molecular formula is C16H24N2O3. The van der Waals surface area contributed by atoms with Crippen LogP contribution in [0.1, 0.15) is 36.8 Å². The zero-order valence-electron chi connectivity index (χ0n) is 12.7. The maximum atomic E-state index is 11.7. The average molecular weight is 292 g/mol. The molecule has 0 unspecified atom stereocenters. The van der Waals surface area contributed by atoms with Crippen LogP contribution >= 0.6 is 0 Å². The van der Waals surface area contributed by atoms with Crippen molar-refractivity contribution in [2.75, 3.05) is 20.3 Å². The van der Waals surface area contributed by atoms with Gasteiger partial charge in [-0.1, -0.05) is 6.07 Å². The predicted molar refractivity (Wildman–Crippen MR) is 81.8 cm³/mol. The number of aryl methyl sites for hydroxylation is 1. The van der Waals surface area contributed by atoms with Crippen molar-refractivity contribution < 1.29 is 14.6 Å². The number of hydrogen-bond donors (Lipinski definition) is 3. The van der Waals surface area contributed by atoms with Crippen molar-refractivity contribution in [3.63, 3.8) is 0 Å². The summed E-state index contributed by atoms with van der Waals surface area (Å²) in [7, 11) is 1.68. The Morgan fingerprint density at radius 3 is 3.05 bits per heavy atom. The van der Waals surface area contributed by atoms with Crippen LogP contribution < -0.4 is 15.4 Å². The molecule has 5 nitrogen and oxygen atoms in total. The first-order valence-electron chi connectivity index (χ1n) is 7.46. The number of carbonyl (C=O) groups is 1. The highest BCUT2D eigenvalue weighted by Crippen LogP contribution is 2.33. The van der Waals surface area contributed by atoms with Crippen LogP contribution in [0.2, 0.25) is 0 Å². The number of hydrogen-bond acceptors (Lipinski definition) is 3. The van der Waals surface area contributed by atoms with Gasteiger partial charge >= 0.3 is 6.03 Å². The molecule has 2 amide bonds. The summed E-state index contributed by atoms with van der Waals surface area (Å²) in [4.78, 5) is 11.7. The third-order valence-electron chi connectivity index (χ3n) is 3.95. The number of carbonyl (C=O) groups excluding carboxylic acids is 1. The van der Waals surface area contributed by atoms with E-state index in [2.05, 4.69) is 22.8 Å². The lowest BCUT2D eigenvalue weighted by Gasteiger charge is -2.26. The summed E-state index contributed by atoms with van der Waals surface area (Å²) in [6.45, 7) is 2.32. The number of rotatable bonds is 5. The van der Waals surface area contributed by atoms with Gasteiger partial charge in [-0.2, -0.15) is 0 Å². The van der Waals surface area contributed by atoms with Crippen LogP contribution in [0.25, 0.3) is 0 Å². The van der Waals surface area contributed by atoms with E-state index in [1.54, 1.807) is 14.0 Å². The summed E-state index contributed by atoms with van der Waals surface area (Å²) >= 11 is 0. The lowest BCUT2D eigenvalue weighted by Crippen LogP contribution is -2.43. The number of benzene rings is 1. The summed E-state index contributed by atoms with van der Waals surface area (Å²) < 4.78 is 5.27. The Balaban J connectivity index is 1.95. The summed E-state index contributed by atoms with van der Waals surface area (Å²) in [5, 5.41) is 14.5. The number of fused-ring (bicyclic) bond motifs is 1. The Hall–Kier alpha value is -1.75. The zero-order chi connectivity index (χ0) is 15.2. The maximum Gasteiger partial charge on any atom is 0.315 e. The van der Waals surface area contributed by atoms with Crippen molar-refractivity contribution in [3.05, 3.63) is 29.3 Å². The molecule has 0 fully saturated rings. The minimum atomic E-state index is -0.229. The van der Waals surface area contributed by atoms with Gasteiger partial charge in [-0.15, -0.1) is 0 Å². The van der Waals surface area contributed by atoms with Gasteiger partial charge in [-0.3, -0.25) is 0 Å². The van der Waals surface area contributed by atoms with Gasteiger partial charge in [0.05, 0.1) is 19.8 Å². The molecule has 0 spiro atoms. The Morgan fingerprint density at radius 2 is 2.33 bits per heavy atom. The fourth-order valence-electron chi connectivity index (χ4n) is 2.77. The molecule has 116 valence electrons. The van der Waals surface area contributed by atoms with Crippen molar-refractivity contribution in [2.45, 2.75) is 38.1 Å². The van der Waals surface area contributed by atoms with Gasteiger partial charge in [0, 0.05) is 12.5 Å². The van der Waals surface area contributed by atoms with Crippen LogP contribution in [0, 0.1) is 0 Å². The maximum absolute atomic E-state index is 11.7. The second-order valence-corrected chi connectivity index (χ2v) is 5.59. The first-order valence-corrected chi connectivity index (χ1v) is 7.46. The largest absolute Gasteiger partial charge is 0.497 e. The number of methoxy groups -OCH3 is 1. The number of aliphatic hydroxyl groups excluding tert-OH is 1. The SMILES string of the molecule is COc1ccc2c(c1)CCC[C@@H]2CNC(=O)N[C@H](C)CO. The summed E-state index contributed by atoms with van der Waals surface area (Å²) in [5.41, 5.74) is 2.62. The molecule has 5 heteroatoms. The molecule has 1 aromatic rings. The Bertz CT molecular complexity index is 490. The van der Waals surface area contributed by atoms with Crippen LogP contribution in [0.3, 0.4) is 0 Å². The number of urea groups is 1. The molecule has 0 saturated carbocycles. The fraction of sp³-hybridized carbons (Fsp3) is 0.562. The van der Waals surface area contributed by atoms with Crippen LogP contribution in [0.4, 0.5) is 4.79 Å². The molecule has 21 heavy (non-hydrogen) atoms.